The molecule has 1 aromatic heterocycles. The third-order valence-electron chi connectivity index (χ3n) is 3.29. The van der Waals surface area contributed by atoms with Gasteiger partial charge in [-0.1, -0.05) is 48.1 Å². The van der Waals surface area contributed by atoms with Gasteiger partial charge in [0.1, 0.15) is 5.82 Å². The largest absolute Gasteiger partial charge is 0.298 e. The molecule has 0 saturated heterocycles. The molecule has 2 aromatic carbocycles. The SMILES string of the molecule is CCc1cccc2sc(NC(=O)c3c(F)cccc3Cl)nc12. The van der Waals surface area contributed by atoms with E-state index in [-0.39, 0.29) is 10.6 Å². The minimum Gasteiger partial charge on any atom is -0.298 e. The third-order valence-corrected chi connectivity index (χ3v) is 4.54. The minimum absolute atomic E-state index is 0.0767. The Bertz CT molecular complexity index is 842. The zero-order valence-electron chi connectivity index (χ0n) is 11.7. The number of nitrogens with zero attached hydrogens (tertiary/aromatic N) is 1. The molecule has 0 fully saturated rings. The minimum atomic E-state index is -0.652. The Kier molecular flexibility index (Phi) is 4.09. The van der Waals surface area contributed by atoms with Gasteiger partial charge in [-0.05, 0) is 30.2 Å². The normalized spacial score (nSPS) is 10.9. The van der Waals surface area contributed by atoms with Crippen LogP contribution >= 0.6 is 22.9 Å². The van der Waals surface area contributed by atoms with Crippen molar-refractivity contribution in [1.29, 1.82) is 0 Å². The van der Waals surface area contributed by atoms with Gasteiger partial charge in [0.05, 0.1) is 20.8 Å². The summed E-state index contributed by atoms with van der Waals surface area (Å²) in [6.45, 7) is 2.05. The maximum Gasteiger partial charge on any atom is 0.261 e. The molecule has 22 heavy (non-hydrogen) atoms. The summed E-state index contributed by atoms with van der Waals surface area (Å²) in [4.78, 5) is 16.6. The second kappa shape index (κ2) is 6.02. The van der Waals surface area contributed by atoms with Crippen molar-refractivity contribution >= 4 is 44.2 Å². The molecule has 0 saturated carbocycles. The van der Waals surface area contributed by atoms with Crippen LogP contribution in [0, 0.1) is 5.82 Å². The van der Waals surface area contributed by atoms with Crippen molar-refractivity contribution in [1.82, 2.24) is 4.98 Å². The Hall–Kier alpha value is -1.98. The van der Waals surface area contributed by atoms with E-state index >= 15 is 0 Å². The number of carbonyl (C=O) groups excluding carboxylic acids is 1. The van der Waals surface area contributed by atoms with E-state index in [4.69, 9.17) is 11.6 Å². The number of hydrogen-bond donors (Lipinski definition) is 1. The molecule has 1 amide bonds. The number of para-hydroxylation sites is 1. The molecular formula is C16H12ClFN2OS. The first-order chi connectivity index (χ1) is 10.6. The van der Waals surface area contributed by atoms with Gasteiger partial charge in [-0.2, -0.15) is 0 Å². The smallest absolute Gasteiger partial charge is 0.261 e. The Balaban J connectivity index is 1.95. The van der Waals surface area contributed by atoms with Gasteiger partial charge in [0.25, 0.3) is 5.91 Å². The van der Waals surface area contributed by atoms with Crippen LogP contribution in [-0.2, 0) is 6.42 Å². The Morgan fingerprint density at radius 2 is 2.09 bits per heavy atom. The predicted molar refractivity (Wildman–Crippen MR) is 88.4 cm³/mol. The molecule has 3 nitrogen and oxygen atoms in total. The summed E-state index contributed by atoms with van der Waals surface area (Å²) in [5, 5.41) is 3.13. The molecule has 0 aliphatic heterocycles. The molecule has 1 N–H and O–H groups in total. The third kappa shape index (κ3) is 2.69. The van der Waals surface area contributed by atoms with E-state index in [0.717, 1.165) is 22.2 Å². The number of benzene rings is 2. The molecule has 0 unspecified atom stereocenters. The van der Waals surface area contributed by atoms with Crippen molar-refractivity contribution in [2.24, 2.45) is 0 Å². The van der Waals surface area contributed by atoms with Crippen molar-refractivity contribution in [3.05, 3.63) is 58.4 Å². The van der Waals surface area contributed by atoms with E-state index in [1.807, 2.05) is 25.1 Å². The van der Waals surface area contributed by atoms with Crippen LogP contribution in [0.15, 0.2) is 36.4 Å². The molecule has 3 rings (SSSR count). The number of amides is 1. The number of aromatic nitrogens is 1. The Morgan fingerprint density at radius 1 is 1.32 bits per heavy atom. The summed E-state index contributed by atoms with van der Waals surface area (Å²) in [6.07, 6.45) is 0.855. The topological polar surface area (TPSA) is 42.0 Å². The average molecular weight is 335 g/mol. The second-order valence-corrected chi connectivity index (χ2v) is 6.13. The molecule has 0 atom stereocenters. The summed E-state index contributed by atoms with van der Waals surface area (Å²) in [5.74, 6) is -1.25. The van der Waals surface area contributed by atoms with Crippen molar-refractivity contribution in [3.63, 3.8) is 0 Å². The van der Waals surface area contributed by atoms with E-state index in [1.54, 1.807) is 0 Å². The van der Waals surface area contributed by atoms with Crippen molar-refractivity contribution in [2.75, 3.05) is 5.32 Å². The number of carbonyl (C=O) groups is 1. The zero-order chi connectivity index (χ0) is 15.7. The fourth-order valence-electron chi connectivity index (χ4n) is 2.22. The number of thiazole rings is 1. The number of aryl methyl sites for hydroxylation is 1. The van der Waals surface area contributed by atoms with Crippen molar-refractivity contribution in [2.45, 2.75) is 13.3 Å². The number of halogens is 2. The van der Waals surface area contributed by atoms with Crippen LogP contribution in [0.3, 0.4) is 0 Å². The first kappa shape index (κ1) is 14.9. The van der Waals surface area contributed by atoms with Gasteiger partial charge < -0.3 is 0 Å². The summed E-state index contributed by atoms with van der Waals surface area (Å²) < 4.78 is 14.7. The summed E-state index contributed by atoms with van der Waals surface area (Å²) in [6, 6.07) is 10.0. The molecule has 112 valence electrons. The van der Waals surface area contributed by atoms with Crippen LogP contribution in [0.1, 0.15) is 22.8 Å². The van der Waals surface area contributed by atoms with E-state index in [2.05, 4.69) is 10.3 Å². The van der Waals surface area contributed by atoms with E-state index in [1.165, 1.54) is 29.5 Å². The number of fused-ring (bicyclic) bond motifs is 1. The van der Waals surface area contributed by atoms with E-state index in [0.29, 0.717) is 5.13 Å². The quantitative estimate of drug-likeness (QED) is 0.740. The van der Waals surface area contributed by atoms with Crippen LogP contribution in [-0.4, -0.2) is 10.9 Å². The Morgan fingerprint density at radius 3 is 2.82 bits per heavy atom. The second-order valence-electron chi connectivity index (χ2n) is 4.69. The monoisotopic (exact) mass is 334 g/mol. The lowest BCUT2D eigenvalue weighted by Gasteiger charge is -2.04. The van der Waals surface area contributed by atoms with Crippen LogP contribution in [0.4, 0.5) is 9.52 Å². The average Bonchev–Trinajstić information content (AvgIpc) is 2.89. The van der Waals surface area contributed by atoms with Crippen LogP contribution in [0.2, 0.25) is 5.02 Å². The van der Waals surface area contributed by atoms with Gasteiger partial charge in [0.15, 0.2) is 5.13 Å². The number of rotatable bonds is 3. The molecule has 6 heteroatoms. The first-order valence-electron chi connectivity index (χ1n) is 6.74. The molecule has 0 bridgehead atoms. The van der Waals surface area contributed by atoms with Gasteiger partial charge in [0, 0.05) is 0 Å². The first-order valence-corrected chi connectivity index (χ1v) is 7.93. The van der Waals surface area contributed by atoms with E-state index < -0.39 is 11.7 Å². The van der Waals surface area contributed by atoms with Gasteiger partial charge >= 0.3 is 0 Å². The maximum atomic E-state index is 13.8. The lowest BCUT2D eigenvalue weighted by molar-refractivity contribution is 0.102. The highest BCUT2D eigenvalue weighted by atomic mass is 35.5. The fourth-order valence-corrected chi connectivity index (χ4v) is 3.38. The molecule has 0 radical (unpaired) electrons. The summed E-state index contributed by atoms with van der Waals surface area (Å²) in [7, 11) is 0. The lowest BCUT2D eigenvalue weighted by Crippen LogP contribution is -2.14. The van der Waals surface area contributed by atoms with Crippen LogP contribution in [0.25, 0.3) is 10.2 Å². The van der Waals surface area contributed by atoms with Gasteiger partial charge in [-0.25, -0.2) is 9.37 Å². The number of anilines is 1. The molecular weight excluding hydrogens is 323 g/mol. The summed E-state index contributed by atoms with van der Waals surface area (Å²) in [5.41, 5.74) is 1.81. The van der Waals surface area contributed by atoms with Crippen LogP contribution in [0.5, 0.6) is 0 Å². The lowest BCUT2D eigenvalue weighted by atomic mass is 10.1. The van der Waals surface area contributed by atoms with E-state index in [9.17, 15) is 9.18 Å². The molecule has 3 aromatic rings. The zero-order valence-corrected chi connectivity index (χ0v) is 13.3. The Labute approximate surface area is 135 Å². The highest BCUT2D eigenvalue weighted by molar-refractivity contribution is 7.22. The number of hydrogen-bond acceptors (Lipinski definition) is 3. The van der Waals surface area contributed by atoms with Gasteiger partial charge in [0.2, 0.25) is 0 Å². The molecule has 0 aliphatic rings. The highest BCUT2D eigenvalue weighted by Crippen LogP contribution is 2.29. The number of nitrogens with one attached hydrogen (secondary N) is 1. The van der Waals surface area contributed by atoms with Gasteiger partial charge in [-0.3, -0.25) is 10.1 Å². The molecule has 0 spiro atoms. The molecule has 1 heterocycles. The van der Waals surface area contributed by atoms with Crippen molar-refractivity contribution in [3.8, 4) is 0 Å². The maximum absolute atomic E-state index is 13.8. The summed E-state index contributed by atoms with van der Waals surface area (Å²) >= 11 is 7.25. The van der Waals surface area contributed by atoms with Crippen molar-refractivity contribution < 1.29 is 9.18 Å². The standard InChI is InChI=1S/C16H12ClFN2OS/c1-2-9-5-3-8-12-14(9)19-16(22-12)20-15(21)13-10(17)6-4-7-11(13)18/h3-8H,2H2,1H3,(H,19,20,21). The fraction of sp³-hybridized carbons (Fsp3) is 0.125. The van der Waals surface area contributed by atoms with Gasteiger partial charge in [-0.15, -0.1) is 0 Å². The highest BCUT2D eigenvalue weighted by Gasteiger charge is 2.17. The molecule has 0 aliphatic carbocycles. The predicted octanol–water partition coefficient (Wildman–Crippen LogP) is 4.90. The van der Waals surface area contributed by atoms with Crippen LogP contribution < -0.4 is 5.32 Å².